The van der Waals surface area contributed by atoms with Crippen molar-refractivity contribution >= 4 is 6.03 Å². The summed E-state index contributed by atoms with van der Waals surface area (Å²) in [5, 5.41) is 9.21. The zero-order valence-corrected chi connectivity index (χ0v) is 13.0. The third-order valence-corrected chi connectivity index (χ3v) is 3.38. The molecule has 130 valence electrons. The molecule has 2 rings (SSSR count). The van der Waals surface area contributed by atoms with Gasteiger partial charge in [0.1, 0.15) is 12.7 Å². The number of alkyl halides is 3. The molecular weight excluding hydrogens is 323 g/mol. The smallest absolute Gasteiger partial charge is 0.338 e. The van der Waals surface area contributed by atoms with E-state index in [1.165, 1.54) is 12.4 Å². The highest BCUT2D eigenvalue weighted by Gasteiger charge is 2.30. The van der Waals surface area contributed by atoms with Crippen molar-refractivity contribution in [1.29, 1.82) is 0 Å². The number of aromatic nitrogens is 3. The zero-order valence-electron chi connectivity index (χ0n) is 13.0. The van der Waals surface area contributed by atoms with Crippen LogP contribution in [0, 0.1) is 0 Å². The van der Waals surface area contributed by atoms with Crippen molar-refractivity contribution in [2.45, 2.75) is 32.1 Å². The normalized spacial score (nSPS) is 12.7. The molecule has 2 amide bonds. The van der Waals surface area contributed by atoms with E-state index in [0.29, 0.717) is 25.1 Å². The molecule has 0 fully saturated rings. The summed E-state index contributed by atoms with van der Waals surface area (Å²) >= 11 is 0. The van der Waals surface area contributed by atoms with Gasteiger partial charge in [0.05, 0.1) is 11.6 Å². The lowest BCUT2D eigenvalue weighted by Crippen LogP contribution is -2.37. The van der Waals surface area contributed by atoms with Gasteiger partial charge in [-0.2, -0.15) is 18.3 Å². The molecule has 2 N–H and O–H groups in total. The molecule has 0 aliphatic rings. The van der Waals surface area contributed by atoms with Crippen LogP contribution in [0.1, 0.15) is 30.5 Å². The lowest BCUT2D eigenvalue weighted by atomic mass is 10.1. The first-order valence-corrected chi connectivity index (χ1v) is 7.40. The molecule has 6 nitrogen and oxygen atoms in total. The van der Waals surface area contributed by atoms with Crippen LogP contribution in [0.25, 0.3) is 0 Å². The highest BCUT2D eigenvalue weighted by molar-refractivity contribution is 5.74. The number of urea groups is 1. The van der Waals surface area contributed by atoms with Gasteiger partial charge in [-0.1, -0.05) is 12.1 Å². The van der Waals surface area contributed by atoms with E-state index in [1.54, 1.807) is 24.0 Å². The van der Waals surface area contributed by atoms with Crippen LogP contribution in [0.3, 0.4) is 0 Å². The van der Waals surface area contributed by atoms with Gasteiger partial charge in [0.25, 0.3) is 0 Å². The van der Waals surface area contributed by atoms with E-state index in [2.05, 4.69) is 20.7 Å². The molecule has 0 bridgehead atoms. The van der Waals surface area contributed by atoms with Crippen LogP contribution in [-0.2, 0) is 12.7 Å². The van der Waals surface area contributed by atoms with Crippen molar-refractivity contribution in [1.82, 2.24) is 25.4 Å². The number of hydrogen-bond donors (Lipinski definition) is 2. The molecule has 0 aliphatic heterocycles. The average molecular weight is 341 g/mol. The van der Waals surface area contributed by atoms with Gasteiger partial charge in [0, 0.05) is 13.1 Å². The van der Waals surface area contributed by atoms with Gasteiger partial charge in [-0.3, -0.25) is 4.68 Å². The third kappa shape index (κ3) is 5.25. The van der Waals surface area contributed by atoms with Gasteiger partial charge in [-0.15, -0.1) is 0 Å². The average Bonchev–Trinajstić information content (AvgIpc) is 3.04. The maximum absolute atomic E-state index is 12.7. The number of nitrogens with zero attached hydrogens (tertiary/aromatic N) is 3. The molecule has 2 aromatic rings. The minimum atomic E-state index is -4.40. The Hall–Kier alpha value is -2.58. The number of halogens is 3. The SMILES string of the molecule is C[C@H](NC(=O)NCCCn1cncn1)c1cccc(C(F)(F)F)c1. The molecule has 0 saturated heterocycles. The fraction of sp³-hybridized carbons (Fsp3) is 0.400. The first kappa shape index (κ1) is 17.8. The van der Waals surface area contributed by atoms with Crippen molar-refractivity contribution in [3.63, 3.8) is 0 Å². The molecule has 1 aromatic carbocycles. The molecule has 1 heterocycles. The molecule has 1 aromatic heterocycles. The van der Waals surface area contributed by atoms with E-state index >= 15 is 0 Å². The fourth-order valence-electron chi connectivity index (χ4n) is 2.11. The van der Waals surface area contributed by atoms with E-state index in [-0.39, 0.29) is 0 Å². The maximum Gasteiger partial charge on any atom is 0.416 e. The zero-order chi connectivity index (χ0) is 17.6. The standard InChI is InChI=1S/C15H18F3N5O/c1-11(12-4-2-5-13(8-12)15(16,17)18)22-14(24)20-6-3-7-23-10-19-9-21-23/h2,4-5,8-11H,3,6-7H2,1H3,(H2,20,22,24)/t11-/m0/s1. The van der Waals surface area contributed by atoms with Crippen LogP contribution in [0.15, 0.2) is 36.9 Å². The Labute approximate surface area is 137 Å². The summed E-state index contributed by atoms with van der Waals surface area (Å²) in [4.78, 5) is 15.6. The van der Waals surface area contributed by atoms with Crippen LogP contribution in [0.4, 0.5) is 18.0 Å². The van der Waals surface area contributed by atoms with E-state index in [1.807, 2.05) is 0 Å². The largest absolute Gasteiger partial charge is 0.416 e. The molecule has 0 spiro atoms. The summed E-state index contributed by atoms with van der Waals surface area (Å²) in [5.41, 5.74) is -0.343. The van der Waals surface area contributed by atoms with Gasteiger partial charge < -0.3 is 10.6 Å². The lowest BCUT2D eigenvalue weighted by Gasteiger charge is -2.16. The van der Waals surface area contributed by atoms with Gasteiger partial charge in [-0.25, -0.2) is 9.78 Å². The predicted octanol–water partition coefficient (Wildman–Crippen LogP) is 2.75. The summed E-state index contributed by atoms with van der Waals surface area (Å²) in [6, 6.07) is 3.94. The number of rotatable bonds is 6. The highest BCUT2D eigenvalue weighted by Crippen LogP contribution is 2.30. The molecule has 0 unspecified atom stereocenters. The number of nitrogens with one attached hydrogen (secondary N) is 2. The fourth-order valence-corrected chi connectivity index (χ4v) is 2.11. The first-order chi connectivity index (χ1) is 11.4. The number of benzene rings is 1. The Morgan fingerprint density at radius 2 is 2.17 bits per heavy atom. The van der Waals surface area contributed by atoms with Crippen LogP contribution in [0.2, 0.25) is 0 Å². The topological polar surface area (TPSA) is 71.8 Å². The second-order valence-electron chi connectivity index (χ2n) is 5.26. The maximum atomic E-state index is 12.7. The quantitative estimate of drug-likeness (QED) is 0.794. The Balaban J connectivity index is 1.78. The summed E-state index contributed by atoms with van der Waals surface area (Å²) in [5.74, 6) is 0. The Morgan fingerprint density at radius 1 is 1.38 bits per heavy atom. The molecule has 24 heavy (non-hydrogen) atoms. The molecule has 0 saturated carbocycles. The van der Waals surface area contributed by atoms with Crippen LogP contribution in [0.5, 0.6) is 0 Å². The number of aryl methyl sites for hydroxylation is 1. The summed E-state index contributed by atoms with van der Waals surface area (Å²) in [7, 11) is 0. The second-order valence-corrected chi connectivity index (χ2v) is 5.26. The Morgan fingerprint density at radius 3 is 2.83 bits per heavy atom. The van der Waals surface area contributed by atoms with Gasteiger partial charge in [0.2, 0.25) is 0 Å². The number of hydrogen-bond acceptors (Lipinski definition) is 3. The molecule has 9 heteroatoms. The number of carbonyl (C=O) groups is 1. The monoisotopic (exact) mass is 341 g/mol. The predicted molar refractivity (Wildman–Crippen MR) is 81.0 cm³/mol. The van der Waals surface area contributed by atoms with Crippen molar-refractivity contribution in [3.8, 4) is 0 Å². The van der Waals surface area contributed by atoms with E-state index in [9.17, 15) is 18.0 Å². The van der Waals surface area contributed by atoms with E-state index in [4.69, 9.17) is 0 Å². The van der Waals surface area contributed by atoms with Crippen LogP contribution < -0.4 is 10.6 Å². The van der Waals surface area contributed by atoms with Crippen molar-refractivity contribution in [2.24, 2.45) is 0 Å². The molecule has 1 atom stereocenters. The van der Waals surface area contributed by atoms with Gasteiger partial charge in [-0.05, 0) is 31.0 Å². The lowest BCUT2D eigenvalue weighted by molar-refractivity contribution is -0.137. The van der Waals surface area contributed by atoms with Crippen molar-refractivity contribution in [3.05, 3.63) is 48.0 Å². The minimum absolute atomic E-state index is 0.391. The summed E-state index contributed by atoms with van der Waals surface area (Å²) < 4.78 is 39.8. The first-order valence-electron chi connectivity index (χ1n) is 7.40. The van der Waals surface area contributed by atoms with Gasteiger partial charge >= 0.3 is 12.2 Å². The Kier molecular flexibility index (Phi) is 5.78. The molecule has 0 aliphatic carbocycles. The van der Waals surface area contributed by atoms with Crippen LogP contribution in [-0.4, -0.2) is 27.3 Å². The third-order valence-electron chi connectivity index (χ3n) is 3.38. The van der Waals surface area contributed by atoms with E-state index in [0.717, 1.165) is 12.1 Å². The Bertz CT molecular complexity index is 657. The molecular formula is C15H18F3N5O. The highest BCUT2D eigenvalue weighted by atomic mass is 19.4. The number of amides is 2. The number of carbonyl (C=O) groups excluding carboxylic acids is 1. The summed E-state index contributed by atoms with van der Waals surface area (Å²) in [6.45, 7) is 2.66. The van der Waals surface area contributed by atoms with Crippen LogP contribution >= 0.6 is 0 Å². The second kappa shape index (κ2) is 7.80. The summed E-state index contributed by atoms with van der Waals surface area (Å²) in [6.07, 6.45) is -0.735. The van der Waals surface area contributed by atoms with Crippen molar-refractivity contribution < 1.29 is 18.0 Å². The van der Waals surface area contributed by atoms with Gasteiger partial charge in [0.15, 0.2) is 0 Å². The molecule has 0 radical (unpaired) electrons. The van der Waals surface area contributed by atoms with Crippen molar-refractivity contribution in [2.75, 3.05) is 6.54 Å². The minimum Gasteiger partial charge on any atom is -0.338 e. The van der Waals surface area contributed by atoms with E-state index < -0.39 is 23.8 Å².